The lowest BCUT2D eigenvalue weighted by atomic mass is 10.1. The van der Waals surface area contributed by atoms with E-state index in [0.29, 0.717) is 19.6 Å². The van der Waals surface area contributed by atoms with Crippen molar-refractivity contribution in [1.82, 2.24) is 0 Å². The summed E-state index contributed by atoms with van der Waals surface area (Å²) in [7, 11) is 0. The Balaban J connectivity index is 3.81. The Morgan fingerprint density at radius 3 is 2.47 bits per heavy atom. The predicted octanol–water partition coefficient (Wildman–Crippen LogP) is 1.88. The van der Waals surface area contributed by atoms with Gasteiger partial charge in [0, 0.05) is 11.8 Å². The minimum Gasteiger partial charge on any atom is -0.465 e. The van der Waals surface area contributed by atoms with E-state index in [0.717, 1.165) is 11.8 Å². The van der Waals surface area contributed by atoms with E-state index >= 15 is 0 Å². The van der Waals surface area contributed by atoms with Crippen molar-refractivity contribution in [3.8, 4) is 0 Å². The van der Waals surface area contributed by atoms with Crippen LogP contribution in [0.1, 0.15) is 26.7 Å². The van der Waals surface area contributed by atoms with E-state index in [1.807, 2.05) is 0 Å². The summed E-state index contributed by atoms with van der Waals surface area (Å²) < 4.78 is 9.99. The summed E-state index contributed by atoms with van der Waals surface area (Å²) in [6.45, 7) is 3.93. The third kappa shape index (κ3) is 8.42. The number of alkyl halides is 1. The highest BCUT2D eigenvalue weighted by Crippen LogP contribution is 2.08. The van der Waals surface area contributed by atoms with Crippen molar-refractivity contribution in [1.29, 1.82) is 0 Å². The maximum absolute atomic E-state index is 10.9. The number of hydrogen-bond donors (Lipinski definition) is 0. The highest BCUT2D eigenvalue weighted by molar-refractivity contribution is 9.09. The zero-order valence-corrected chi connectivity index (χ0v) is 10.7. The molecule has 0 saturated carbocycles. The molecule has 1 N–H and O–H groups in total. The first kappa shape index (κ1) is 14.4. The van der Waals surface area contributed by atoms with Crippen molar-refractivity contribution in [2.75, 3.05) is 18.5 Å². The van der Waals surface area contributed by atoms with Gasteiger partial charge in [0.1, 0.15) is 6.61 Å². The topological polar surface area (TPSA) is 56.9 Å². The van der Waals surface area contributed by atoms with Crippen LogP contribution in [0, 0.1) is 5.92 Å². The number of carbonyl (C=O) groups is 1. The summed E-state index contributed by atoms with van der Waals surface area (Å²) in [5, 5.41) is 0.815. The summed E-state index contributed by atoms with van der Waals surface area (Å²) in [5.41, 5.74) is 0. The first-order chi connectivity index (χ1) is 7.10. The van der Waals surface area contributed by atoms with Gasteiger partial charge in [-0.05, 0) is 6.42 Å². The minimum absolute atomic E-state index is 0.0589. The number of hydrogen-bond acceptors (Lipinski definition) is 3. The minimum atomic E-state index is -0.209. The third-order valence-corrected chi connectivity index (χ3v) is 2.27. The predicted molar refractivity (Wildman–Crippen MR) is 61.7 cm³/mol. The normalized spacial score (nSPS) is 11.9. The molecule has 0 bridgehead atoms. The number of esters is 2. The van der Waals surface area contributed by atoms with Gasteiger partial charge in [-0.1, -0.05) is 22.9 Å². The molecule has 4 nitrogen and oxygen atoms in total. The van der Waals surface area contributed by atoms with Crippen LogP contribution < -0.4 is 0 Å². The first-order valence-electron chi connectivity index (χ1n) is 4.97. The van der Waals surface area contributed by atoms with E-state index in [-0.39, 0.29) is 17.9 Å². The van der Waals surface area contributed by atoms with Gasteiger partial charge in [-0.2, -0.15) is 0 Å². The second kappa shape index (κ2) is 8.71. The van der Waals surface area contributed by atoms with Crippen LogP contribution in [0.5, 0.6) is 0 Å². The van der Waals surface area contributed by atoms with Gasteiger partial charge in [0.2, 0.25) is 0 Å². The van der Waals surface area contributed by atoms with Crippen LogP contribution in [0.2, 0.25) is 0 Å². The maximum atomic E-state index is 10.9. The van der Waals surface area contributed by atoms with Gasteiger partial charge >= 0.3 is 11.9 Å². The van der Waals surface area contributed by atoms with Crippen molar-refractivity contribution in [2.45, 2.75) is 26.7 Å². The summed E-state index contributed by atoms with van der Waals surface area (Å²) in [5.74, 6) is -0.155. The molecule has 5 heteroatoms. The molecule has 1 atom stereocenters. The Hall–Kier alpha value is -0.580. The van der Waals surface area contributed by atoms with Gasteiger partial charge in [-0.25, -0.2) is 0 Å². The van der Waals surface area contributed by atoms with E-state index in [2.05, 4.69) is 15.9 Å². The van der Waals surface area contributed by atoms with Crippen molar-refractivity contribution in [2.24, 2.45) is 5.92 Å². The van der Waals surface area contributed by atoms with Crippen LogP contribution in [0.4, 0.5) is 0 Å². The number of halogens is 1. The molecule has 88 valence electrons. The van der Waals surface area contributed by atoms with Gasteiger partial charge in [0.25, 0.3) is 0 Å². The highest BCUT2D eigenvalue weighted by Gasteiger charge is 2.16. The van der Waals surface area contributed by atoms with Crippen molar-refractivity contribution >= 4 is 27.9 Å². The van der Waals surface area contributed by atoms with Crippen LogP contribution in [0.15, 0.2) is 0 Å². The highest BCUT2D eigenvalue weighted by atomic mass is 79.9. The van der Waals surface area contributed by atoms with Gasteiger partial charge < -0.3 is 14.3 Å². The van der Waals surface area contributed by atoms with Crippen LogP contribution in [-0.2, 0) is 14.3 Å². The zero-order chi connectivity index (χ0) is 11.7. The van der Waals surface area contributed by atoms with E-state index in [4.69, 9.17) is 14.3 Å². The molecule has 0 saturated heterocycles. The van der Waals surface area contributed by atoms with E-state index in [9.17, 15) is 4.79 Å². The fourth-order valence-corrected chi connectivity index (χ4v) is 1.57. The molecular formula is C10H18BrO4+. The molecule has 0 aromatic carbocycles. The SMILES string of the molecule is CCC(=O)OCC(CCBr)COC(C)=[OH+]. The van der Waals surface area contributed by atoms with Gasteiger partial charge in [-0.3, -0.25) is 4.79 Å². The molecule has 0 spiro atoms. The summed E-state index contributed by atoms with van der Waals surface area (Å²) >= 11 is 3.32. The number of ether oxygens (including phenoxy) is 2. The van der Waals surface area contributed by atoms with Gasteiger partial charge in [-0.15, -0.1) is 0 Å². The first-order valence-corrected chi connectivity index (χ1v) is 6.09. The lowest BCUT2D eigenvalue weighted by molar-refractivity contribution is -0.145. The quantitative estimate of drug-likeness (QED) is 0.407. The molecule has 15 heavy (non-hydrogen) atoms. The Morgan fingerprint density at radius 1 is 1.40 bits per heavy atom. The van der Waals surface area contributed by atoms with E-state index < -0.39 is 0 Å². The average molecular weight is 282 g/mol. The smallest absolute Gasteiger partial charge is 0.465 e. The average Bonchev–Trinajstić information content (AvgIpc) is 2.21. The molecule has 1 unspecified atom stereocenters. The zero-order valence-electron chi connectivity index (χ0n) is 9.16. The number of carbonyl (C=O) groups excluding carboxylic acids is 2. The molecule has 0 aromatic rings. The lowest BCUT2D eigenvalue weighted by Crippen LogP contribution is -2.20. The lowest BCUT2D eigenvalue weighted by Gasteiger charge is -2.11. The van der Waals surface area contributed by atoms with Gasteiger partial charge in [0.15, 0.2) is 6.61 Å². The summed E-state index contributed by atoms with van der Waals surface area (Å²) in [4.78, 5) is 19.8. The van der Waals surface area contributed by atoms with Crippen molar-refractivity contribution in [3.63, 3.8) is 0 Å². The fourth-order valence-electron chi connectivity index (χ4n) is 0.920. The Kier molecular flexibility index (Phi) is 8.37. The molecule has 0 aliphatic heterocycles. The Bertz CT molecular complexity index is 206. The standard InChI is InChI=1S/C10H17BrO4/c1-3-10(13)15-7-9(4-5-11)6-14-8(2)12/h9H,3-7H2,1-2H3/p+1. The van der Waals surface area contributed by atoms with Crippen LogP contribution in [0.25, 0.3) is 0 Å². The van der Waals surface area contributed by atoms with Crippen LogP contribution in [0.3, 0.4) is 0 Å². The molecule has 0 amide bonds. The van der Waals surface area contributed by atoms with Crippen LogP contribution in [-0.4, -0.2) is 35.3 Å². The van der Waals surface area contributed by atoms with Crippen molar-refractivity contribution in [3.05, 3.63) is 0 Å². The van der Waals surface area contributed by atoms with Crippen LogP contribution >= 0.6 is 15.9 Å². The summed E-state index contributed by atoms with van der Waals surface area (Å²) in [6, 6.07) is 0. The number of rotatable bonds is 7. The second-order valence-corrected chi connectivity index (χ2v) is 4.00. The molecule has 0 aromatic heterocycles. The second-order valence-electron chi connectivity index (χ2n) is 3.21. The Morgan fingerprint density at radius 2 is 2.00 bits per heavy atom. The Labute approximate surface area is 98.4 Å². The summed E-state index contributed by atoms with van der Waals surface area (Å²) in [6.07, 6.45) is 1.22. The molecule has 0 rings (SSSR count). The molecular weight excluding hydrogens is 264 g/mol. The molecule has 0 radical (unpaired) electrons. The van der Waals surface area contributed by atoms with E-state index in [1.165, 1.54) is 6.92 Å². The van der Waals surface area contributed by atoms with E-state index in [1.54, 1.807) is 6.92 Å². The van der Waals surface area contributed by atoms with Crippen molar-refractivity contribution < 1.29 is 19.1 Å². The maximum Gasteiger partial charge on any atom is 0.479 e. The molecule has 0 aliphatic carbocycles. The monoisotopic (exact) mass is 281 g/mol. The third-order valence-electron chi connectivity index (χ3n) is 1.81. The molecule has 0 heterocycles. The largest absolute Gasteiger partial charge is 0.479 e. The van der Waals surface area contributed by atoms with Gasteiger partial charge in [0.05, 0.1) is 12.8 Å². The molecule has 0 aliphatic rings. The fraction of sp³-hybridized carbons (Fsp3) is 0.800. The molecule has 0 fully saturated rings.